The number of piperidine rings is 1. The maximum atomic E-state index is 14.7. The Labute approximate surface area is 202 Å². The number of thiophene rings is 1. The largest absolute Gasteiger partial charge is 0.497 e. The second-order valence-corrected chi connectivity index (χ2v) is 9.55. The van der Waals surface area contributed by atoms with Crippen LogP contribution in [0.15, 0.2) is 41.9 Å². The molecule has 0 saturated carbocycles. The minimum atomic E-state index is -1.15. The lowest BCUT2D eigenvalue weighted by Gasteiger charge is -2.38. The maximum Gasteiger partial charge on any atom is 0.309 e. The molecule has 1 aliphatic heterocycles. The Morgan fingerprint density at radius 1 is 1.35 bits per heavy atom. The van der Waals surface area contributed by atoms with E-state index >= 15 is 0 Å². The van der Waals surface area contributed by atoms with Gasteiger partial charge in [0, 0.05) is 24.0 Å². The molecular weight excluding hydrogens is 455 g/mol. The molecule has 3 aromatic rings. The molecule has 3 heterocycles. The number of nitrogens with zero attached hydrogens (tertiary/aromatic N) is 2. The topological polar surface area (TPSA) is 82.9 Å². The molecule has 0 amide bonds. The Kier molecular flexibility index (Phi) is 7.47. The van der Waals surface area contributed by atoms with Crippen molar-refractivity contribution in [3.8, 4) is 17.6 Å². The Balaban J connectivity index is 1.43. The molecule has 6 nitrogen and oxygen atoms in total. The number of rotatable bonds is 7. The molecular formula is C26H27FN2O4S. The summed E-state index contributed by atoms with van der Waals surface area (Å²) in [6.07, 6.45) is 1.26. The summed E-state index contributed by atoms with van der Waals surface area (Å²) < 4.78 is 19.9. The highest BCUT2D eigenvalue weighted by molar-refractivity contribution is 7.10. The summed E-state index contributed by atoms with van der Waals surface area (Å²) in [4.78, 5) is 19.5. The standard InChI is InChI=1S/C26H27FN2O4S/c1-33-18-6-7-22-20(16-18)24(21(27)17-28-22)23(30)8-9-26(25(31)32)10-13-29(14-11-26)12-2-4-19-5-3-15-34-19/h3,5-7,15-17,23,30H,8-14H2,1H3,(H,31,32)/t23-/m0/s1. The number of pyridine rings is 1. The monoisotopic (exact) mass is 482 g/mol. The van der Waals surface area contributed by atoms with Gasteiger partial charge < -0.3 is 14.9 Å². The molecule has 0 spiro atoms. The molecule has 34 heavy (non-hydrogen) atoms. The molecule has 1 aromatic carbocycles. The van der Waals surface area contributed by atoms with Gasteiger partial charge >= 0.3 is 5.97 Å². The van der Waals surface area contributed by atoms with E-state index in [4.69, 9.17) is 4.74 Å². The second kappa shape index (κ2) is 10.5. The SMILES string of the molecule is COc1ccc2ncc(F)c([C@@H](O)CCC3(C(=O)O)CCN(CC#Cc4cccs4)CC3)c2c1. The van der Waals surface area contributed by atoms with Gasteiger partial charge in [-0.15, -0.1) is 11.3 Å². The summed E-state index contributed by atoms with van der Waals surface area (Å²) in [5.74, 6) is 5.34. The predicted octanol–water partition coefficient (Wildman–Crippen LogP) is 4.48. The van der Waals surface area contributed by atoms with E-state index < -0.39 is 23.3 Å². The normalized spacial score (nSPS) is 16.6. The van der Waals surface area contributed by atoms with E-state index in [0.717, 1.165) is 11.1 Å². The van der Waals surface area contributed by atoms with Crippen LogP contribution in [0.1, 0.15) is 42.2 Å². The van der Waals surface area contributed by atoms with Crippen molar-refractivity contribution >= 4 is 28.2 Å². The van der Waals surface area contributed by atoms with Crippen LogP contribution < -0.4 is 4.74 Å². The number of methoxy groups -OCH3 is 1. The Morgan fingerprint density at radius 3 is 2.82 bits per heavy atom. The zero-order chi connectivity index (χ0) is 24.1. The van der Waals surface area contributed by atoms with Crippen LogP contribution in [0, 0.1) is 23.1 Å². The minimum Gasteiger partial charge on any atom is -0.497 e. The van der Waals surface area contributed by atoms with Crippen LogP contribution in [0.3, 0.4) is 0 Å². The van der Waals surface area contributed by atoms with Crippen LogP contribution in [-0.4, -0.2) is 52.8 Å². The number of benzene rings is 1. The molecule has 0 radical (unpaired) electrons. The second-order valence-electron chi connectivity index (χ2n) is 8.60. The van der Waals surface area contributed by atoms with Gasteiger partial charge in [0.2, 0.25) is 0 Å². The number of fused-ring (bicyclic) bond motifs is 1. The number of carboxylic acid groups (broad SMARTS) is 1. The molecule has 0 unspecified atom stereocenters. The zero-order valence-electron chi connectivity index (χ0n) is 19.0. The van der Waals surface area contributed by atoms with Crippen LogP contribution >= 0.6 is 11.3 Å². The summed E-state index contributed by atoms with van der Waals surface area (Å²) in [5.41, 5.74) is -0.276. The number of carboxylic acids is 1. The Bertz CT molecular complexity index is 1210. The molecule has 178 valence electrons. The number of hydrogen-bond acceptors (Lipinski definition) is 6. The number of ether oxygens (including phenoxy) is 1. The molecule has 0 aliphatic carbocycles. The minimum absolute atomic E-state index is 0.130. The van der Waals surface area contributed by atoms with Crippen LogP contribution in [0.25, 0.3) is 10.9 Å². The highest BCUT2D eigenvalue weighted by atomic mass is 32.1. The third kappa shape index (κ3) is 5.22. The number of halogens is 1. The van der Waals surface area contributed by atoms with Gasteiger partial charge in [0.25, 0.3) is 0 Å². The smallest absolute Gasteiger partial charge is 0.309 e. The molecule has 1 aliphatic rings. The number of aliphatic carboxylic acids is 1. The summed E-state index contributed by atoms with van der Waals surface area (Å²) in [6, 6.07) is 9.01. The van der Waals surface area contributed by atoms with Gasteiger partial charge in [0.05, 0.1) is 41.8 Å². The number of carbonyl (C=O) groups is 1. The fraction of sp³-hybridized carbons (Fsp3) is 0.385. The van der Waals surface area contributed by atoms with E-state index in [0.29, 0.717) is 49.1 Å². The van der Waals surface area contributed by atoms with Crippen LogP contribution in [-0.2, 0) is 4.79 Å². The number of aliphatic hydroxyl groups is 1. The van der Waals surface area contributed by atoms with Crippen molar-refractivity contribution in [3.63, 3.8) is 0 Å². The first-order chi connectivity index (χ1) is 16.4. The highest BCUT2D eigenvalue weighted by Crippen LogP contribution is 2.40. The number of aromatic nitrogens is 1. The third-order valence-electron chi connectivity index (χ3n) is 6.60. The molecule has 2 aromatic heterocycles. The van der Waals surface area contributed by atoms with Crippen LogP contribution in [0.5, 0.6) is 5.75 Å². The molecule has 1 fully saturated rings. The first-order valence-corrected chi connectivity index (χ1v) is 12.1. The lowest BCUT2D eigenvalue weighted by Crippen LogP contribution is -2.44. The number of hydrogen-bond donors (Lipinski definition) is 2. The predicted molar refractivity (Wildman–Crippen MR) is 129 cm³/mol. The van der Waals surface area contributed by atoms with Crippen LogP contribution in [0.4, 0.5) is 4.39 Å². The van der Waals surface area contributed by atoms with Crippen molar-refractivity contribution in [1.82, 2.24) is 9.88 Å². The van der Waals surface area contributed by atoms with Crippen molar-refractivity contribution in [1.29, 1.82) is 0 Å². The Morgan fingerprint density at radius 2 is 2.15 bits per heavy atom. The summed E-state index contributed by atoms with van der Waals surface area (Å²) in [7, 11) is 1.51. The summed E-state index contributed by atoms with van der Waals surface area (Å²) >= 11 is 1.59. The summed E-state index contributed by atoms with van der Waals surface area (Å²) in [6.45, 7) is 1.82. The van der Waals surface area contributed by atoms with Gasteiger partial charge in [-0.05, 0) is 55.3 Å². The van der Waals surface area contributed by atoms with Gasteiger partial charge in [-0.25, -0.2) is 4.39 Å². The highest BCUT2D eigenvalue weighted by Gasteiger charge is 2.41. The molecule has 2 N–H and O–H groups in total. The van der Waals surface area contributed by atoms with E-state index in [1.54, 1.807) is 29.5 Å². The summed E-state index contributed by atoms with van der Waals surface area (Å²) in [5, 5.41) is 23.4. The average Bonchev–Trinajstić information content (AvgIpc) is 3.36. The number of aliphatic hydroxyl groups excluding tert-OH is 1. The average molecular weight is 483 g/mol. The quantitative estimate of drug-likeness (QED) is 0.484. The fourth-order valence-corrected chi connectivity index (χ4v) is 5.08. The fourth-order valence-electron chi connectivity index (χ4n) is 4.49. The molecule has 1 saturated heterocycles. The van der Waals surface area contributed by atoms with Crippen molar-refractivity contribution in [2.75, 3.05) is 26.7 Å². The molecule has 1 atom stereocenters. The van der Waals surface area contributed by atoms with Crippen molar-refractivity contribution < 1.29 is 24.1 Å². The van der Waals surface area contributed by atoms with Crippen molar-refractivity contribution in [3.05, 3.63) is 58.2 Å². The number of likely N-dealkylation sites (tertiary alicyclic amines) is 1. The molecule has 8 heteroatoms. The van der Waals surface area contributed by atoms with Gasteiger partial charge in [-0.3, -0.25) is 14.7 Å². The maximum absolute atomic E-state index is 14.7. The Hall–Kier alpha value is -2.99. The van der Waals surface area contributed by atoms with Gasteiger partial charge in [0.1, 0.15) is 11.6 Å². The molecule has 0 bridgehead atoms. The zero-order valence-corrected chi connectivity index (χ0v) is 19.8. The first-order valence-electron chi connectivity index (χ1n) is 11.2. The molecule has 4 rings (SSSR count). The lowest BCUT2D eigenvalue weighted by atomic mass is 9.74. The first kappa shape index (κ1) is 24.1. The van der Waals surface area contributed by atoms with Crippen molar-refractivity contribution in [2.45, 2.75) is 31.8 Å². The van der Waals surface area contributed by atoms with Crippen molar-refractivity contribution in [2.24, 2.45) is 5.41 Å². The van der Waals surface area contributed by atoms with E-state index in [2.05, 4.69) is 21.7 Å². The van der Waals surface area contributed by atoms with Gasteiger partial charge in [0.15, 0.2) is 0 Å². The van der Waals surface area contributed by atoms with E-state index in [1.165, 1.54) is 7.11 Å². The third-order valence-corrected chi connectivity index (χ3v) is 7.39. The van der Waals surface area contributed by atoms with E-state index in [1.807, 2.05) is 17.5 Å². The lowest BCUT2D eigenvalue weighted by molar-refractivity contribution is -0.153. The van der Waals surface area contributed by atoms with E-state index in [-0.39, 0.29) is 18.4 Å². The van der Waals surface area contributed by atoms with E-state index in [9.17, 15) is 19.4 Å². The van der Waals surface area contributed by atoms with Crippen LogP contribution in [0.2, 0.25) is 0 Å². The van der Waals surface area contributed by atoms with Gasteiger partial charge in [-0.1, -0.05) is 17.9 Å². The van der Waals surface area contributed by atoms with Gasteiger partial charge in [-0.2, -0.15) is 0 Å².